The van der Waals surface area contributed by atoms with Gasteiger partial charge in [0.05, 0.1) is 11.7 Å². The molecule has 1 aromatic rings. The van der Waals surface area contributed by atoms with Gasteiger partial charge in [0, 0.05) is 0 Å². The van der Waals surface area contributed by atoms with Gasteiger partial charge in [-0.25, -0.2) is 9.78 Å². The summed E-state index contributed by atoms with van der Waals surface area (Å²) in [4.78, 5) is 18.9. The van der Waals surface area contributed by atoms with E-state index in [-0.39, 0.29) is 11.5 Å². The number of hydrogen-bond donors (Lipinski definition) is 2. The molecule has 0 aromatic carbocycles. The lowest BCUT2D eigenvalue weighted by Crippen LogP contribution is -2.44. The van der Waals surface area contributed by atoms with Gasteiger partial charge in [-0.3, -0.25) is 0 Å². The Morgan fingerprint density at radius 2 is 2.18 bits per heavy atom. The minimum absolute atomic E-state index is 0.367. The molecule has 0 atom stereocenters. The van der Waals surface area contributed by atoms with Crippen molar-refractivity contribution in [2.75, 3.05) is 0 Å². The summed E-state index contributed by atoms with van der Waals surface area (Å²) in [5, 5.41) is 0. The van der Waals surface area contributed by atoms with Crippen LogP contribution in [0.15, 0.2) is 6.20 Å². The van der Waals surface area contributed by atoms with Crippen LogP contribution >= 0.6 is 0 Å². The van der Waals surface area contributed by atoms with Gasteiger partial charge >= 0.3 is 5.97 Å². The molecule has 1 aromatic heterocycles. The molecule has 0 saturated heterocycles. The van der Waals surface area contributed by atoms with E-state index in [9.17, 15) is 4.79 Å². The van der Waals surface area contributed by atoms with E-state index in [1.165, 1.54) is 6.20 Å². The van der Waals surface area contributed by atoms with Gasteiger partial charge in [-0.1, -0.05) is 0 Å². The number of carbonyl (C=O) groups is 1. The minimum Gasteiger partial charge on any atom is -0.455 e. The largest absolute Gasteiger partial charge is 0.455 e. The Morgan fingerprint density at radius 3 is 2.65 bits per heavy atom. The van der Waals surface area contributed by atoms with E-state index in [1.807, 2.05) is 20.8 Å². The van der Waals surface area contributed by atoms with Crippen LogP contribution in [0.2, 0.25) is 0 Å². The van der Waals surface area contributed by atoms with Crippen LogP contribution in [0.3, 0.4) is 0 Å². The number of nitrogens with two attached hydrogens (primary N) is 1. The standard InChI is InChI=1S/C12H19N3O2/c1-11(2,3)17-9(16)8-7-14-10(15-8)12(13)5-4-6-12/h7H,4-6,13H2,1-3H3,(H,14,15). The maximum absolute atomic E-state index is 11.8. The third kappa shape index (κ3) is 2.49. The van der Waals surface area contributed by atoms with Gasteiger partial charge in [0.1, 0.15) is 17.1 Å². The van der Waals surface area contributed by atoms with Crippen molar-refractivity contribution in [3.05, 3.63) is 17.7 Å². The summed E-state index contributed by atoms with van der Waals surface area (Å²) in [6.07, 6.45) is 4.43. The normalized spacial score (nSPS) is 18.6. The Bertz CT molecular complexity index is 427. The molecular weight excluding hydrogens is 218 g/mol. The van der Waals surface area contributed by atoms with Crippen LogP contribution in [0.25, 0.3) is 0 Å². The van der Waals surface area contributed by atoms with Crippen molar-refractivity contribution in [3.63, 3.8) is 0 Å². The van der Waals surface area contributed by atoms with Crippen LogP contribution in [0.4, 0.5) is 0 Å². The summed E-state index contributed by atoms with van der Waals surface area (Å²) in [6.45, 7) is 5.50. The van der Waals surface area contributed by atoms with Gasteiger partial charge in [-0.2, -0.15) is 0 Å². The fourth-order valence-corrected chi connectivity index (χ4v) is 1.81. The Hall–Kier alpha value is -1.36. The molecule has 1 saturated carbocycles. The molecule has 5 nitrogen and oxygen atoms in total. The zero-order valence-electron chi connectivity index (χ0n) is 10.5. The highest BCUT2D eigenvalue weighted by Gasteiger charge is 2.37. The molecule has 0 unspecified atom stereocenters. The van der Waals surface area contributed by atoms with Gasteiger partial charge in [-0.05, 0) is 40.0 Å². The quantitative estimate of drug-likeness (QED) is 0.767. The first-order chi connectivity index (χ1) is 7.80. The fourth-order valence-electron chi connectivity index (χ4n) is 1.81. The number of imidazole rings is 1. The second kappa shape index (κ2) is 3.84. The predicted molar refractivity (Wildman–Crippen MR) is 63.5 cm³/mol. The molecule has 94 valence electrons. The number of carbonyl (C=O) groups excluding carboxylic acids is 1. The molecule has 0 spiro atoms. The first kappa shape index (κ1) is 12.1. The average molecular weight is 237 g/mol. The van der Waals surface area contributed by atoms with E-state index in [2.05, 4.69) is 9.97 Å². The summed E-state index contributed by atoms with van der Waals surface area (Å²) in [5.74, 6) is 0.295. The highest BCUT2D eigenvalue weighted by atomic mass is 16.6. The fraction of sp³-hybridized carbons (Fsp3) is 0.667. The van der Waals surface area contributed by atoms with E-state index >= 15 is 0 Å². The topological polar surface area (TPSA) is 81.0 Å². The second-order valence-corrected chi connectivity index (χ2v) is 5.66. The molecule has 3 N–H and O–H groups in total. The molecule has 0 bridgehead atoms. The third-order valence-electron chi connectivity index (χ3n) is 2.91. The highest BCUT2D eigenvalue weighted by molar-refractivity contribution is 5.87. The zero-order chi connectivity index (χ0) is 12.7. The van der Waals surface area contributed by atoms with Crippen LogP contribution in [0.1, 0.15) is 56.3 Å². The van der Waals surface area contributed by atoms with Crippen LogP contribution in [-0.2, 0) is 10.3 Å². The number of esters is 1. The number of rotatable bonds is 2. The van der Waals surface area contributed by atoms with Crippen molar-refractivity contribution in [1.29, 1.82) is 0 Å². The molecule has 1 aliphatic rings. The highest BCUT2D eigenvalue weighted by Crippen LogP contribution is 2.36. The Morgan fingerprint density at radius 1 is 1.53 bits per heavy atom. The number of ether oxygens (including phenoxy) is 1. The maximum Gasteiger partial charge on any atom is 0.356 e. The smallest absolute Gasteiger partial charge is 0.356 e. The molecule has 1 fully saturated rings. The molecule has 0 amide bonds. The first-order valence-electron chi connectivity index (χ1n) is 5.88. The lowest BCUT2D eigenvalue weighted by Gasteiger charge is -2.35. The number of aromatic amines is 1. The molecule has 0 aliphatic heterocycles. The lowest BCUT2D eigenvalue weighted by molar-refractivity contribution is 0.00630. The molecule has 2 rings (SSSR count). The van der Waals surface area contributed by atoms with E-state index in [0.717, 1.165) is 19.3 Å². The monoisotopic (exact) mass is 237 g/mol. The summed E-state index contributed by atoms with van der Waals surface area (Å²) < 4.78 is 5.25. The van der Waals surface area contributed by atoms with Crippen molar-refractivity contribution >= 4 is 5.97 Å². The van der Waals surface area contributed by atoms with Crippen LogP contribution in [0, 0.1) is 0 Å². The molecule has 0 radical (unpaired) electrons. The van der Waals surface area contributed by atoms with Crippen molar-refractivity contribution in [2.45, 2.75) is 51.2 Å². The minimum atomic E-state index is -0.501. The van der Waals surface area contributed by atoms with Gasteiger partial charge < -0.3 is 15.5 Å². The van der Waals surface area contributed by atoms with Gasteiger partial charge in [0.2, 0.25) is 0 Å². The Labute approximate surface area is 101 Å². The van der Waals surface area contributed by atoms with Crippen LogP contribution in [-0.4, -0.2) is 21.5 Å². The Balaban J connectivity index is 2.10. The average Bonchev–Trinajstić information content (AvgIpc) is 2.60. The Kier molecular flexibility index (Phi) is 2.73. The van der Waals surface area contributed by atoms with Crippen molar-refractivity contribution in [1.82, 2.24) is 9.97 Å². The summed E-state index contributed by atoms with van der Waals surface area (Å²) in [5.41, 5.74) is 5.61. The summed E-state index contributed by atoms with van der Waals surface area (Å²) in [7, 11) is 0. The third-order valence-corrected chi connectivity index (χ3v) is 2.91. The molecule has 17 heavy (non-hydrogen) atoms. The molecule has 1 heterocycles. The van der Waals surface area contributed by atoms with Crippen molar-refractivity contribution in [2.24, 2.45) is 5.73 Å². The molecule has 5 heteroatoms. The number of nitrogens with one attached hydrogen (secondary N) is 1. The lowest BCUT2D eigenvalue weighted by atomic mass is 9.77. The SMILES string of the molecule is CC(C)(C)OC(=O)c1cnc(C2(N)CCC2)[nH]1. The predicted octanol–water partition coefficient (Wildman–Crippen LogP) is 1.70. The van der Waals surface area contributed by atoms with E-state index in [0.29, 0.717) is 11.5 Å². The number of hydrogen-bond acceptors (Lipinski definition) is 4. The van der Waals surface area contributed by atoms with E-state index in [1.54, 1.807) is 0 Å². The van der Waals surface area contributed by atoms with E-state index < -0.39 is 5.60 Å². The van der Waals surface area contributed by atoms with Gasteiger partial charge in [0.25, 0.3) is 0 Å². The first-order valence-corrected chi connectivity index (χ1v) is 5.88. The number of H-pyrrole nitrogens is 1. The molecular formula is C12H19N3O2. The summed E-state index contributed by atoms with van der Waals surface area (Å²) in [6, 6.07) is 0. The summed E-state index contributed by atoms with van der Waals surface area (Å²) >= 11 is 0. The maximum atomic E-state index is 11.8. The van der Waals surface area contributed by atoms with Crippen LogP contribution in [0.5, 0.6) is 0 Å². The van der Waals surface area contributed by atoms with Gasteiger partial charge in [-0.15, -0.1) is 0 Å². The van der Waals surface area contributed by atoms with Gasteiger partial charge in [0.15, 0.2) is 0 Å². The van der Waals surface area contributed by atoms with E-state index in [4.69, 9.17) is 10.5 Å². The van der Waals surface area contributed by atoms with Crippen molar-refractivity contribution < 1.29 is 9.53 Å². The molecule has 1 aliphatic carbocycles. The zero-order valence-corrected chi connectivity index (χ0v) is 10.5. The second-order valence-electron chi connectivity index (χ2n) is 5.66. The number of nitrogens with zero attached hydrogens (tertiary/aromatic N) is 1. The number of aromatic nitrogens is 2. The van der Waals surface area contributed by atoms with Crippen molar-refractivity contribution in [3.8, 4) is 0 Å². The van der Waals surface area contributed by atoms with Crippen LogP contribution < -0.4 is 5.73 Å².